The summed E-state index contributed by atoms with van der Waals surface area (Å²) >= 11 is 0. The molecule has 8 heteroatoms. The second-order valence-corrected chi connectivity index (χ2v) is 4.21. The number of alkyl halides is 3. The second-order valence-electron chi connectivity index (χ2n) is 4.21. The maximum atomic E-state index is 13.1. The third kappa shape index (κ3) is 2.85. The van der Waals surface area contributed by atoms with E-state index in [9.17, 15) is 23.3 Å². The van der Waals surface area contributed by atoms with Gasteiger partial charge < -0.3 is 10.6 Å². The molecule has 0 aliphatic carbocycles. The van der Waals surface area contributed by atoms with Crippen LogP contribution in [0.2, 0.25) is 0 Å². The van der Waals surface area contributed by atoms with E-state index in [0.717, 1.165) is 6.07 Å². The van der Waals surface area contributed by atoms with Gasteiger partial charge in [0.25, 0.3) is 5.69 Å². The van der Waals surface area contributed by atoms with E-state index in [0.29, 0.717) is 19.6 Å². The largest absolute Gasteiger partial charge is 0.423 e. The van der Waals surface area contributed by atoms with E-state index >= 15 is 0 Å². The number of hydrogen-bond donors (Lipinski definition) is 2. The third-order valence-corrected chi connectivity index (χ3v) is 2.97. The van der Waals surface area contributed by atoms with Gasteiger partial charge in [0, 0.05) is 31.7 Å². The number of rotatable bonds is 2. The minimum Gasteiger partial charge on any atom is -0.314 e. The first-order valence-corrected chi connectivity index (χ1v) is 5.70. The van der Waals surface area contributed by atoms with Crippen molar-refractivity contribution in [1.82, 2.24) is 10.6 Å². The van der Waals surface area contributed by atoms with E-state index in [1.54, 1.807) is 0 Å². The Morgan fingerprint density at radius 3 is 2.58 bits per heavy atom. The maximum absolute atomic E-state index is 13.1. The topological polar surface area (TPSA) is 67.2 Å². The molecule has 1 atom stereocenters. The Balaban J connectivity index is 2.53. The first-order chi connectivity index (χ1) is 8.91. The van der Waals surface area contributed by atoms with Crippen molar-refractivity contribution in [3.63, 3.8) is 0 Å². The summed E-state index contributed by atoms with van der Waals surface area (Å²) in [6, 6.07) is 2.85. The van der Waals surface area contributed by atoms with E-state index in [1.807, 2.05) is 0 Å². The first-order valence-electron chi connectivity index (χ1n) is 5.70. The number of halogens is 3. The molecule has 1 aromatic rings. The molecule has 1 unspecified atom stereocenters. The number of piperazine rings is 1. The summed E-state index contributed by atoms with van der Waals surface area (Å²) in [7, 11) is 0. The van der Waals surface area contributed by atoms with Crippen LogP contribution in [0, 0.1) is 10.1 Å². The Kier molecular flexibility index (Phi) is 3.72. The van der Waals surface area contributed by atoms with Gasteiger partial charge in [-0.15, -0.1) is 0 Å². The molecule has 1 aromatic carbocycles. The molecule has 5 nitrogen and oxygen atoms in total. The Morgan fingerprint density at radius 1 is 1.32 bits per heavy atom. The molecular weight excluding hydrogens is 263 g/mol. The SMILES string of the molecule is O=[N+]([O-])c1cccc(C2CNCCN2)c1C(F)(F)F. The van der Waals surface area contributed by atoms with Crippen LogP contribution in [0.5, 0.6) is 0 Å². The minimum atomic E-state index is -4.75. The average Bonchev–Trinajstić information content (AvgIpc) is 2.38. The van der Waals surface area contributed by atoms with Crippen molar-refractivity contribution < 1.29 is 18.1 Å². The monoisotopic (exact) mass is 275 g/mol. The smallest absolute Gasteiger partial charge is 0.314 e. The number of nitro groups is 1. The number of nitrogens with one attached hydrogen (secondary N) is 2. The quantitative estimate of drug-likeness (QED) is 0.638. The van der Waals surface area contributed by atoms with Gasteiger partial charge in [0.1, 0.15) is 5.56 Å². The fraction of sp³-hybridized carbons (Fsp3) is 0.455. The zero-order valence-corrected chi connectivity index (χ0v) is 9.83. The third-order valence-electron chi connectivity index (χ3n) is 2.97. The highest BCUT2D eigenvalue weighted by molar-refractivity contribution is 5.49. The van der Waals surface area contributed by atoms with Gasteiger partial charge >= 0.3 is 6.18 Å². The summed E-state index contributed by atoms with van der Waals surface area (Å²) in [4.78, 5) is 9.78. The van der Waals surface area contributed by atoms with Crippen LogP contribution < -0.4 is 10.6 Å². The molecule has 104 valence electrons. The predicted molar refractivity (Wildman–Crippen MR) is 61.7 cm³/mol. The summed E-state index contributed by atoms with van der Waals surface area (Å²) in [6.45, 7) is 1.49. The first kappa shape index (κ1) is 13.8. The molecule has 1 saturated heterocycles. The lowest BCUT2D eigenvalue weighted by Gasteiger charge is -2.27. The molecule has 0 spiro atoms. The van der Waals surface area contributed by atoms with Crippen molar-refractivity contribution in [3.8, 4) is 0 Å². The number of nitro benzene ring substituents is 1. The summed E-state index contributed by atoms with van der Waals surface area (Å²) < 4.78 is 39.2. The van der Waals surface area contributed by atoms with Crippen molar-refractivity contribution in [2.45, 2.75) is 12.2 Å². The molecule has 0 radical (unpaired) electrons. The van der Waals surface area contributed by atoms with Crippen LogP contribution in [-0.2, 0) is 6.18 Å². The zero-order chi connectivity index (χ0) is 14.0. The van der Waals surface area contributed by atoms with E-state index in [-0.39, 0.29) is 5.56 Å². The molecule has 1 fully saturated rings. The fourth-order valence-corrected chi connectivity index (χ4v) is 2.18. The predicted octanol–water partition coefficient (Wildman–Crippen LogP) is 1.85. The van der Waals surface area contributed by atoms with Gasteiger partial charge in [-0.25, -0.2) is 0 Å². The molecule has 0 saturated carbocycles. The molecular formula is C11H12F3N3O2. The van der Waals surface area contributed by atoms with Crippen LogP contribution in [0.15, 0.2) is 18.2 Å². The van der Waals surface area contributed by atoms with Crippen molar-refractivity contribution >= 4 is 5.69 Å². The molecule has 1 aliphatic heterocycles. The molecule has 0 aromatic heterocycles. The molecule has 2 rings (SSSR count). The van der Waals surface area contributed by atoms with Crippen molar-refractivity contribution in [3.05, 3.63) is 39.4 Å². The minimum absolute atomic E-state index is 0.0890. The molecule has 0 bridgehead atoms. The Labute approximate surface area is 106 Å². The number of hydrogen-bond acceptors (Lipinski definition) is 4. The van der Waals surface area contributed by atoms with E-state index < -0.39 is 28.4 Å². The number of benzene rings is 1. The van der Waals surface area contributed by atoms with Gasteiger partial charge in [0.2, 0.25) is 0 Å². The van der Waals surface area contributed by atoms with E-state index in [1.165, 1.54) is 12.1 Å². The summed E-state index contributed by atoms with van der Waals surface area (Å²) in [5, 5.41) is 16.7. The van der Waals surface area contributed by atoms with E-state index in [2.05, 4.69) is 10.6 Å². The van der Waals surface area contributed by atoms with Crippen LogP contribution >= 0.6 is 0 Å². The molecule has 1 aliphatic rings. The molecule has 0 amide bonds. The van der Waals surface area contributed by atoms with Crippen LogP contribution in [-0.4, -0.2) is 24.6 Å². The Bertz CT molecular complexity index is 485. The maximum Gasteiger partial charge on any atom is 0.423 e. The molecule has 19 heavy (non-hydrogen) atoms. The van der Waals surface area contributed by atoms with E-state index in [4.69, 9.17) is 0 Å². The normalized spacial score (nSPS) is 20.3. The summed E-state index contributed by atoms with van der Waals surface area (Å²) in [5.74, 6) is 0. The van der Waals surface area contributed by atoms with Gasteiger partial charge in [-0.05, 0) is 5.56 Å². The molecule has 1 heterocycles. The average molecular weight is 275 g/mol. The summed E-state index contributed by atoms with van der Waals surface area (Å²) in [5.41, 5.74) is -2.16. The van der Waals surface area contributed by atoms with Crippen LogP contribution in [0.3, 0.4) is 0 Å². The van der Waals surface area contributed by atoms with Crippen molar-refractivity contribution in [1.29, 1.82) is 0 Å². The van der Waals surface area contributed by atoms with Gasteiger partial charge in [0.05, 0.1) is 4.92 Å². The highest BCUT2D eigenvalue weighted by Crippen LogP contribution is 2.40. The lowest BCUT2D eigenvalue weighted by molar-refractivity contribution is -0.388. The van der Waals surface area contributed by atoms with Crippen LogP contribution in [0.25, 0.3) is 0 Å². The summed E-state index contributed by atoms with van der Waals surface area (Å²) in [6.07, 6.45) is -4.75. The van der Waals surface area contributed by atoms with Gasteiger partial charge in [-0.1, -0.05) is 12.1 Å². The van der Waals surface area contributed by atoms with Gasteiger partial charge in [-0.3, -0.25) is 10.1 Å². The highest BCUT2D eigenvalue weighted by atomic mass is 19.4. The lowest BCUT2D eigenvalue weighted by atomic mass is 9.97. The highest BCUT2D eigenvalue weighted by Gasteiger charge is 2.42. The Hall–Kier alpha value is -1.67. The standard InChI is InChI=1S/C11H12F3N3O2/c12-11(13,14)10-7(8-6-15-4-5-16-8)2-1-3-9(10)17(18)19/h1-3,8,15-16H,4-6H2. The van der Waals surface area contributed by atoms with Crippen molar-refractivity contribution in [2.75, 3.05) is 19.6 Å². The molecule has 2 N–H and O–H groups in total. The number of nitrogens with zero attached hydrogens (tertiary/aromatic N) is 1. The fourth-order valence-electron chi connectivity index (χ4n) is 2.18. The lowest BCUT2D eigenvalue weighted by Crippen LogP contribution is -2.43. The van der Waals surface area contributed by atoms with Crippen LogP contribution in [0.1, 0.15) is 17.2 Å². The Morgan fingerprint density at radius 2 is 2.05 bits per heavy atom. The van der Waals surface area contributed by atoms with Crippen molar-refractivity contribution in [2.24, 2.45) is 0 Å². The second kappa shape index (κ2) is 5.14. The van der Waals surface area contributed by atoms with Crippen LogP contribution in [0.4, 0.5) is 18.9 Å². The zero-order valence-electron chi connectivity index (χ0n) is 9.83. The van der Waals surface area contributed by atoms with Gasteiger partial charge in [0.15, 0.2) is 0 Å². The van der Waals surface area contributed by atoms with Gasteiger partial charge in [-0.2, -0.15) is 13.2 Å².